The molecule has 0 bridgehead atoms. The molecule has 2 heterocycles. The molecule has 0 spiro atoms. The minimum absolute atomic E-state index is 0.193. The number of thiophene rings is 1. The Hall–Kier alpha value is -1.42. The van der Waals surface area contributed by atoms with Gasteiger partial charge in [-0.25, -0.2) is 0 Å². The first-order valence-electron chi connectivity index (χ1n) is 5.20. The van der Waals surface area contributed by atoms with Crippen molar-refractivity contribution in [1.29, 1.82) is 5.26 Å². The highest BCUT2D eigenvalue weighted by atomic mass is 32.1. The van der Waals surface area contributed by atoms with Gasteiger partial charge in [0.1, 0.15) is 11.1 Å². The van der Waals surface area contributed by atoms with Gasteiger partial charge in [-0.2, -0.15) is 5.26 Å². The van der Waals surface area contributed by atoms with Crippen molar-refractivity contribution in [2.24, 2.45) is 11.1 Å². The first-order valence-corrected chi connectivity index (χ1v) is 6.08. The van der Waals surface area contributed by atoms with Crippen LogP contribution in [-0.2, 0) is 9.53 Å². The maximum atomic E-state index is 12.1. The zero-order valence-electron chi connectivity index (χ0n) is 9.40. The fourth-order valence-corrected chi connectivity index (χ4v) is 2.40. The monoisotopic (exact) mass is 251 g/mol. The molecule has 1 aliphatic rings. The number of nitrogens with two attached hydrogens (primary N) is 1. The van der Waals surface area contributed by atoms with Gasteiger partial charge < -0.3 is 15.8 Å². The van der Waals surface area contributed by atoms with Crippen molar-refractivity contribution in [3.8, 4) is 6.07 Å². The molecule has 0 aromatic carbocycles. The summed E-state index contributed by atoms with van der Waals surface area (Å²) in [5, 5.41) is 13.9. The summed E-state index contributed by atoms with van der Waals surface area (Å²) in [6.45, 7) is 2.48. The lowest BCUT2D eigenvalue weighted by Gasteiger charge is -2.24. The van der Waals surface area contributed by atoms with E-state index in [2.05, 4.69) is 5.32 Å². The van der Waals surface area contributed by atoms with Gasteiger partial charge >= 0.3 is 0 Å². The van der Waals surface area contributed by atoms with Crippen LogP contribution in [0.15, 0.2) is 11.4 Å². The van der Waals surface area contributed by atoms with Crippen LogP contribution in [0.2, 0.25) is 0 Å². The van der Waals surface area contributed by atoms with Crippen molar-refractivity contribution in [1.82, 2.24) is 0 Å². The Balaban J connectivity index is 2.15. The quantitative estimate of drug-likeness (QED) is 0.818. The first kappa shape index (κ1) is 12.0. The molecule has 1 aromatic heterocycles. The minimum atomic E-state index is -0.725. The molecule has 2 unspecified atom stereocenters. The minimum Gasteiger partial charge on any atom is -0.379 e. The van der Waals surface area contributed by atoms with Crippen LogP contribution in [0.5, 0.6) is 0 Å². The van der Waals surface area contributed by atoms with E-state index in [4.69, 9.17) is 15.7 Å². The molecule has 17 heavy (non-hydrogen) atoms. The SMILES string of the molecule is CC1(C(=O)Nc2sccc2C#N)COCC1N. The molecule has 90 valence electrons. The number of hydrogen-bond donors (Lipinski definition) is 2. The Bertz CT molecular complexity index is 479. The normalized spacial score (nSPS) is 27.7. The number of nitriles is 1. The number of rotatable bonds is 2. The zero-order chi connectivity index (χ0) is 12.5. The molecule has 0 saturated carbocycles. The number of nitrogens with one attached hydrogen (secondary N) is 1. The number of ether oxygens (including phenoxy) is 1. The fraction of sp³-hybridized carbons (Fsp3) is 0.455. The second-order valence-electron chi connectivity index (χ2n) is 4.27. The summed E-state index contributed by atoms with van der Waals surface area (Å²) in [6.07, 6.45) is 0. The van der Waals surface area contributed by atoms with Crippen molar-refractivity contribution in [3.05, 3.63) is 17.0 Å². The third-order valence-electron chi connectivity index (χ3n) is 3.05. The zero-order valence-corrected chi connectivity index (χ0v) is 10.2. The summed E-state index contributed by atoms with van der Waals surface area (Å²) >= 11 is 1.33. The molecule has 2 atom stereocenters. The number of carbonyl (C=O) groups excluding carboxylic acids is 1. The molecule has 5 nitrogen and oxygen atoms in total. The van der Waals surface area contributed by atoms with Crippen LogP contribution in [-0.4, -0.2) is 25.2 Å². The molecule has 1 aliphatic heterocycles. The van der Waals surface area contributed by atoms with E-state index in [1.165, 1.54) is 11.3 Å². The van der Waals surface area contributed by atoms with Crippen LogP contribution >= 0.6 is 11.3 Å². The number of anilines is 1. The summed E-state index contributed by atoms with van der Waals surface area (Å²) in [4.78, 5) is 12.1. The Morgan fingerprint density at radius 3 is 3.18 bits per heavy atom. The van der Waals surface area contributed by atoms with E-state index in [9.17, 15) is 4.79 Å². The summed E-state index contributed by atoms with van der Waals surface area (Å²) in [7, 11) is 0. The van der Waals surface area contributed by atoms with Gasteiger partial charge in [-0.15, -0.1) is 11.3 Å². The Morgan fingerprint density at radius 1 is 1.82 bits per heavy atom. The molecule has 2 rings (SSSR count). The first-order chi connectivity index (χ1) is 8.08. The maximum absolute atomic E-state index is 12.1. The van der Waals surface area contributed by atoms with E-state index in [-0.39, 0.29) is 11.9 Å². The van der Waals surface area contributed by atoms with Crippen LogP contribution in [0.1, 0.15) is 12.5 Å². The van der Waals surface area contributed by atoms with E-state index < -0.39 is 5.41 Å². The molecule has 1 saturated heterocycles. The summed E-state index contributed by atoms with van der Waals surface area (Å²) in [6, 6.07) is 3.39. The van der Waals surface area contributed by atoms with Gasteiger partial charge in [0.05, 0.1) is 24.2 Å². The Morgan fingerprint density at radius 2 is 2.59 bits per heavy atom. The average Bonchev–Trinajstić information content (AvgIpc) is 2.87. The second kappa shape index (κ2) is 4.45. The molecule has 1 amide bonds. The van der Waals surface area contributed by atoms with Crippen molar-refractivity contribution in [2.75, 3.05) is 18.5 Å². The van der Waals surface area contributed by atoms with Crippen LogP contribution in [0.25, 0.3) is 0 Å². The highest BCUT2D eigenvalue weighted by Crippen LogP contribution is 2.30. The third-order valence-corrected chi connectivity index (χ3v) is 3.88. The topological polar surface area (TPSA) is 88.1 Å². The lowest BCUT2D eigenvalue weighted by molar-refractivity contribution is -0.125. The van der Waals surface area contributed by atoms with Gasteiger partial charge in [0.25, 0.3) is 0 Å². The van der Waals surface area contributed by atoms with E-state index in [1.54, 1.807) is 18.4 Å². The summed E-state index contributed by atoms with van der Waals surface area (Å²) in [5.41, 5.74) is 5.61. The van der Waals surface area contributed by atoms with E-state index in [0.29, 0.717) is 23.8 Å². The van der Waals surface area contributed by atoms with Gasteiger partial charge in [0, 0.05) is 6.04 Å². The lowest BCUT2D eigenvalue weighted by atomic mass is 9.85. The van der Waals surface area contributed by atoms with Crippen LogP contribution in [0.3, 0.4) is 0 Å². The number of hydrogen-bond acceptors (Lipinski definition) is 5. The predicted molar refractivity (Wildman–Crippen MR) is 64.6 cm³/mol. The molecular weight excluding hydrogens is 238 g/mol. The van der Waals surface area contributed by atoms with Crippen LogP contribution in [0, 0.1) is 16.7 Å². The Kier molecular flexibility index (Phi) is 3.15. The third kappa shape index (κ3) is 2.05. The maximum Gasteiger partial charge on any atom is 0.234 e. The molecule has 6 heteroatoms. The van der Waals surface area contributed by atoms with Gasteiger partial charge in [-0.3, -0.25) is 4.79 Å². The predicted octanol–water partition coefficient (Wildman–Crippen LogP) is 0.922. The summed E-state index contributed by atoms with van der Waals surface area (Å²) < 4.78 is 5.22. The van der Waals surface area contributed by atoms with Gasteiger partial charge in [0.15, 0.2) is 0 Å². The van der Waals surface area contributed by atoms with Gasteiger partial charge in [0.2, 0.25) is 5.91 Å². The van der Waals surface area contributed by atoms with Crippen molar-refractivity contribution < 1.29 is 9.53 Å². The van der Waals surface area contributed by atoms with E-state index in [0.717, 1.165) is 0 Å². The van der Waals surface area contributed by atoms with Crippen molar-refractivity contribution >= 4 is 22.2 Å². The number of amides is 1. The standard InChI is InChI=1S/C11H13N3O2S/c1-11(6-16-5-8(11)13)10(15)14-9-7(4-12)2-3-17-9/h2-3,8H,5-6,13H2,1H3,(H,14,15). The average molecular weight is 251 g/mol. The van der Waals surface area contributed by atoms with Crippen molar-refractivity contribution in [3.63, 3.8) is 0 Å². The lowest BCUT2D eigenvalue weighted by Crippen LogP contribution is -2.47. The highest BCUT2D eigenvalue weighted by molar-refractivity contribution is 7.14. The van der Waals surface area contributed by atoms with Gasteiger partial charge in [-0.1, -0.05) is 0 Å². The smallest absolute Gasteiger partial charge is 0.234 e. The molecule has 0 aliphatic carbocycles. The molecule has 1 fully saturated rings. The van der Waals surface area contributed by atoms with E-state index >= 15 is 0 Å². The highest BCUT2D eigenvalue weighted by Gasteiger charge is 2.44. The van der Waals surface area contributed by atoms with Gasteiger partial charge in [-0.05, 0) is 18.4 Å². The molecule has 0 radical (unpaired) electrons. The molecule has 1 aromatic rings. The Labute approximate surface area is 103 Å². The molecular formula is C11H13N3O2S. The largest absolute Gasteiger partial charge is 0.379 e. The van der Waals surface area contributed by atoms with Crippen LogP contribution in [0.4, 0.5) is 5.00 Å². The second-order valence-corrected chi connectivity index (χ2v) is 5.18. The van der Waals surface area contributed by atoms with Crippen LogP contribution < -0.4 is 11.1 Å². The number of carbonyl (C=O) groups is 1. The fourth-order valence-electron chi connectivity index (χ4n) is 1.66. The summed E-state index contributed by atoms with van der Waals surface area (Å²) in [5.74, 6) is -0.193. The number of nitrogens with zero attached hydrogens (tertiary/aromatic N) is 1. The van der Waals surface area contributed by atoms with Crippen molar-refractivity contribution in [2.45, 2.75) is 13.0 Å². The molecule has 3 N–H and O–H groups in total. The van der Waals surface area contributed by atoms with E-state index in [1.807, 2.05) is 6.07 Å².